The van der Waals surface area contributed by atoms with Crippen molar-refractivity contribution in [1.29, 1.82) is 0 Å². The molecule has 0 spiro atoms. The average Bonchev–Trinajstić information content (AvgIpc) is 1.79. The fraction of sp³-hybridized carbons (Fsp3) is 0.600. The van der Waals surface area contributed by atoms with Crippen LogP contribution >= 0.6 is 0 Å². The van der Waals surface area contributed by atoms with Crippen molar-refractivity contribution in [3.05, 3.63) is 10.8 Å². The average molecular weight is 260 g/mol. The second-order valence-electron chi connectivity index (χ2n) is 3.23. The first-order valence-corrected chi connectivity index (χ1v) is 4.27. The quantitative estimate of drug-likeness (QED) is 0.572. The molecule has 0 amide bonds. The van der Waals surface area contributed by atoms with E-state index in [-0.39, 0.29) is 52.9 Å². The van der Waals surface area contributed by atoms with Gasteiger partial charge < -0.3 is 10.8 Å². The molecule has 0 aliphatic carbocycles. The van der Waals surface area contributed by atoms with Crippen LogP contribution in [-0.2, 0) is 26.7 Å². The third-order valence-electron chi connectivity index (χ3n) is 1.01. The third-order valence-corrected chi connectivity index (χ3v) is 1.01. The molecule has 0 aromatic rings. The molecule has 15 heavy (non-hydrogen) atoms. The van der Waals surface area contributed by atoms with Gasteiger partial charge in [0, 0.05) is 12.8 Å². The number of carbonyl (C=O) groups excluding carboxylic acids is 2. The van der Waals surface area contributed by atoms with E-state index in [0.717, 1.165) is 0 Å². The maximum Gasteiger partial charge on any atom is 2.00 e. The monoisotopic (exact) mass is 259 g/mol. The van der Waals surface area contributed by atoms with Crippen LogP contribution in [0.25, 0.3) is 10.8 Å². The Morgan fingerprint density at radius 1 is 0.800 bits per heavy atom. The number of ketones is 2. The largest absolute Gasteiger partial charge is 2.00 e. The Bertz CT molecular complexity index is 200. The van der Waals surface area contributed by atoms with Gasteiger partial charge in [-0.15, -0.1) is 0 Å². The number of rotatable bonds is 4. The van der Waals surface area contributed by atoms with Crippen LogP contribution in [0, 0.1) is 0 Å². The molecule has 0 aliphatic rings. The zero-order valence-corrected chi connectivity index (χ0v) is 10.4. The van der Waals surface area contributed by atoms with Gasteiger partial charge in [-0.25, -0.2) is 11.4 Å². The van der Waals surface area contributed by atoms with Crippen molar-refractivity contribution in [2.45, 2.75) is 40.5 Å². The number of hydrogen-bond donors (Lipinski definition) is 0. The van der Waals surface area contributed by atoms with E-state index in [1.807, 2.05) is 0 Å². The standard InChI is InChI=1S/2C5H8NO.Cu/c2*1-4(6)3-5(2)7;/h2*3H2,1-2H3;/q2*-1;+2. The van der Waals surface area contributed by atoms with E-state index in [1.54, 1.807) is 0 Å². The van der Waals surface area contributed by atoms with Crippen LogP contribution in [0.1, 0.15) is 40.5 Å². The summed E-state index contributed by atoms with van der Waals surface area (Å²) in [5.41, 5.74) is 0.375. The van der Waals surface area contributed by atoms with E-state index >= 15 is 0 Å². The molecule has 0 aromatic carbocycles. The Morgan fingerprint density at radius 3 is 1.00 bits per heavy atom. The summed E-state index contributed by atoms with van der Waals surface area (Å²) in [5, 5.41) is 16.8. The Hall–Kier alpha value is -0.801. The minimum Gasteiger partial charge on any atom is -0.811 e. The molecule has 0 heterocycles. The second kappa shape index (κ2) is 11.3. The van der Waals surface area contributed by atoms with Crippen molar-refractivity contribution < 1.29 is 26.7 Å². The molecule has 0 unspecified atom stereocenters. The Kier molecular flexibility index (Phi) is 14.8. The molecule has 0 atom stereocenters. The topological polar surface area (TPSA) is 78.7 Å². The van der Waals surface area contributed by atoms with Gasteiger partial charge in [-0.3, -0.25) is 9.59 Å². The molecule has 0 N–H and O–H groups in total. The van der Waals surface area contributed by atoms with Gasteiger partial charge in [0.25, 0.3) is 0 Å². The summed E-state index contributed by atoms with van der Waals surface area (Å²) in [5.74, 6) is 0.000000000000000444. The number of nitrogens with zero attached hydrogens (tertiary/aromatic N) is 2. The van der Waals surface area contributed by atoms with Gasteiger partial charge in [0.2, 0.25) is 0 Å². The zero-order chi connectivity index (χ0) is 11.7. The number of carbonyl (C=O) groups is 2. The van der Waals surface area contributed by atoms with Crippen LogP contribution in [0.4, 0.5) is 0 Å². The third kappa shape index (κ3) is 31.9. The van der Waals surface area contributed by atoms with Gasteiger partial charge in [-0.2, -0.15) is 0 Å². The summed E-state index contributed by atoms with van der Waals surface area (Å²) in [6.07, 6.45) is 0.389. The normalized spacial score (nSPS) is 7.73. The SMILES string of the molecule is CC(=[N-])CC(C)=O.CC(=[N-])CC(C)=O.[Cu+2]. The van der Waals surface area contributed by atoms with E-state index < -0.39 is 0 Å². The van der Waals surface area contributed by atoms with Crippen molar-refractivity contribution in [3.63, 3.8) is 0 Å². The van der Waals surface area contributed by atoms with Gasteiger partial charge in [0.05, 0.1) is 0 Å². The first-order chi connectivity index (χ1) is 6.25. The fourth-order valence-electron chi connectivity index (χ4n) is 0.721. The van der Waals surface area contributed by atoms with Gasteiger partial charge in [-0.05, 0) is 13.8 Å². The van der Waals surface area contributed by atoms with Gasteiger partial charge in [0.15, 0.2) is 0 Å². The molecule has 0 rings (SSSR count). The van der Waals surface area contributed by atoms with Crippen LogP contribution in [0.3, 0.4) is 0 Å². The fourth-order valence-corrected chi connectivity index (χ4v) is 0.721. The Balaban J connectivity index is -0.000000180. The van der Waals surface area contributed by atoms with Crippen molar-refractivity contribution in [1.82, 2.24) is 0 Å². The number of hydrogen-bond acceptors (Lipinski definition) is 2. The van der Waals surface area contributed by atoms with Crippen LogP contribution in [0.15, 0.2) is 0 Å². The number of Topliss-reactive ketones (excluding diaryl/α,β-unsaturated/α-hetero) is 2. The van der Waals surface area contributed by atoms with E-state index in [0.29, 0.717) is 0 Å². The molecule has 89 valence electrons. The molecule has 0 aromatic heterocycles. The van der Waals surface area contributed by atoms with Crippen LogP contribution in [0.2, 0.25) is 0 Å². The van der Waals surface area contributed by atoms with Crippen molar-refractivity contribution in [2.75, 3.05) is 0 Å². The summed E-state index contributed by atoms with van der Waals surface area (Å²) in [7, 11) is 0. The van der Waals surface area contributed by atoms with Crippen molar-refractivity contribution in [2.24, 2.45) is 0 Å². The summed E-state index contributed by atoms with van der Waals surface area (Å²) in [4.78, 5) is 20.1. The summed E-state index contributed by atoms with van der Waals surface area (Å²) >= 11 is 0. The molecule has 0 saturated carbocycles. The zero-order valence-electron chi connectivity index (χ0n) is 9.43. The summed E-state index contributed by atoms with van der Waals surface area (Å²) < 4.78 is 0. The van der Waals surface area contributed by atoms with Crippen molar-refractivity contribution in [3.8, 4) is 0 Å². The maximum absolute atomic E-state index is 10.1. The van der Waals surface area contributed by atoms with Crippen molar-refractivity contribution >= 4 is 23.0 Å². The second-order valence-corrected chi connectivity index (χ2v) is 3.23. The first-order valence-electron chi connectivity index (χ1n) is 4.27. The van der Waals surface area contributed by atoms with Gasteiger partial charge in [-0.1, -0.05) is 13.8 Å². The Labute approximate surface area is 101 Å². The molecule has 5 heteroatoms. The summed E-state index contributed by atoms with van der Waals surface area (Å²) in [6.45, 7) is 5.92. The van der Waals surface area contributed by atoms with E-state index in [4.69, 9.17) is 10.8 Å². The smallest absolute Gasteiger partial charge is 0.811 e. The molecule has 1 radical (unpaired) electrons. The van der Waals surface area contributed by atoms with Crippen LogP contribution < -0.4 is 0 Å². The predicted molar refractivity (Wildman–Crippen MR) is 58.7 cm³/mol. The minimum absolute atomic E-state index is 0. The molecule has 4 nitrogen and oxygen atoms in total. The maximum atomic E-state index is 10.1. The van der Waals surface area contributed by atoms with E-state index in [2.05, 4.69) is 0 Å². The van der Waals surface area contributed by atoms with Crippen LogP contribution in [0.5, 0.6) is 0 Å². The molecule has 0 fully saturated rings. The molecule has 0 saturated heterocycles. The molecule has 0 bridgehead atoms. The van der Waals surface area contributed by atoms with E-state index in [1.165, 1.54) is 27.7 Å². The van der Waals surface area contributed by atoms with Crippen LogP contribution in [-0.4, -0.2) is 23.0 Å². The van der Waals surface area contributed by atoms with Gasteiger partial charge >= 0.3 is 17.1 Å². The predicted octanol–water partition coefficient (Wildman–Crippen LogP) is 1.99. The Morgan fingerprint density at radius 2 is 1.00 bits per heavy atom. The molecular formula is C10H16CuN2O2. The molecule has 0 aliphatic heterocycles. The van der Waals surface area contributed by atoms with Gasteiger partial charge in [0.1, 0.15) is 11.6 Å². The summed E-state index contributed by atoms with van der Waals surface area (Å²) in [6, 6.07) is 0. The van der Waals surface area contributed by atoms with E-state index in [9.17, 15) is 9.59 Å². The molecular weight excluding hydrogens is 244 g/mol. The minimum atomic E-state index is 0. The first kappa shape index (κ1) is 19.7.